The zero-order chi connectivity index (χ0) is 21.5. The summed E-state index contributed by atoms with van der Waals surface area (Å²) in [6.45, 7) is 3.67. The van der Waals surface area contributed by atoms with E-state index < -0.39 is 0 Å². The van der Waals surface area contributed by atoms with Crippen molar-refractivity contribution >= 4 is 22.8 Å². The topological polar surface area (TPSA) is 81.1 Å². The van der Waals surface area contributed by atoms with Gasteiger partial charge in [-0.05, 0) is 43.7 Å². The first kappa shape index (κ1) is 20.4. The second kappa shape index (κ2) is 9.75. The van der Waals surface area contributed by atoms with Gasteiger partial charge in [0.05, 0.1) is 36.2 Å². The van der Waals surface area contributed by atoms with Crippen LogP contribution in [-0.4, -0.2) is 33.7 Å². The van der Waals surface area contributed by atoms with Crippen LogP contribution in [0.5, 0.6) is 5.75 Å². The number of imidazole rings is 1. The number of amides is 2. The molecule has 7 nitrogen and oxygen atoms in total. The molecule has 2 N–H and O–H groups in total. The van der Waals surface area contributed by atoms with Crippen LogP contribution in [0.25, 0.3) is 11.0 Å². The number of carbonyl (C=O) groups excluding carboxylic acids is 1. The summed E-state index contributed by atoms with van der Waals surface area (Å²) in [5, 5.41) is 5.63. The predicted octanol–water partition coefficient (Wildman–Crippen LogP) is 4.38. The van der Waals surface area contributed by atoms with Crippen LogP contribution in [0.1, 0.15) is 17.7 Å². The van der Waals surface area contributed by atoms with Crippen LogP contribution < -0.4 is 15.4 Å². The molecule has 0 saturated heterocycles. The van der Waals surface area contributed by atoms with Crippen LogP contribution in [0.2, 0.25) is 0 Å². The second-order valence-electron chi connectivity index (χ2n) is 7.19. The fourth-order valence-corrected chi connectivity index (χ4v) is 3.33. The fraction of sp³-hybridized carbons (Fsp3) is 0.208. The van der Waals surface area contributed by atoms with Crippen molar-refractivity contribution in [3.63, 3.8) is 0 Å². The summed E-state index contributed by atoms with van der Waals surface area (Å²) in [7, 11) is 0. The van der Waals surface area contributed by atoms with Crippen molar-refractivity contribution in [1.82, 2.24) is 19.9 Å². The molecule has 0 saturated carbocycles. The van der Waals surface area contributed by atoms with E-state index >= 15 is 0 Å². The summed E-state index contributed by atoms with van der Waals surface area (Å²) < 4.78 is 8.03. The van der Waals surface area contributed by atoms with E-state index in [0.717, 1.165) is 33.7 Å². The Balaban J connectivity index is 1.27. The molecule has 2 heterocycles. The summed E-state index contributed by atoms with van der Waals surface area (Å²) >= 11 is 0. The molecule has 2 aromatic carbocycles. The largest absolute Gasteiger partial charge is 0.493 e. The molecule has 0 unspecified atom stereocenters. The van der Waals surface area contributed by atoms with E-state index in [9.17, 15) is 4.79 Å². The van der Waals surface area contributed by atoms with Gasteiger partial charge in [0.1, 0.15) is 5.75 Å². The molecular formula is C24H25N5O2. The smallest absolute Gasteiger partial charge is 0.319 e. The normalized spacial score (nSPS) is 10.7. The van der Waals surface area contributed by atoms with E-state index in [1.54, 1.807) is 6.20 Å². The lowest BCUT2D eigenvalue weighted by molar-refractivity contribution is 0.250. The Bertz CT molecular complexity index is 1160. The fourth-order valence-electron chi connectivity index (χ4n) is 3.33. The van der Waals surface area contributed by atoms with Gasteiger partial charge in [0.25, 0.3) is 0 Å². The van der Waals surface area contributed by atoms with Crippen LogP contribution in [0.3, 0.4) is 0 Å². The average molecular weight is 415 g/mol. The number of hydrogen-bond donors (Lipinski definition) is 2. The van der Waals surface area contributed by atoms with Crippen LogP contribution in [0, 0.1) is 6.92 Å². The van der Waals surface area contributed by atoms with Gasteiger partial charge in [0.15, 0.2) is 0 Å². The Morgan fingerprint density at radius 3 is 2.71 bits per heavy atom. The van der Waals surface area contributed by atoms with E-state index in [1.165, 1.54) is 0 Å². The van der Waals surface area contributed by atoms with E-state index in [2.05, 4.69) is 31.2 Å². The van der Waals surface area contributed by atoms with Gasteiger partial charge in [-0.25, -0.2) is 9.78 Å². The van der Waals surface area contributed by atoms with Gasteiger partial charge in [-0.2, -0.15) is 0 Å². The lowest BCUT2D eigenvalue weighted by Crippen LogP contribution is -2.30. The highest BCUT2D eigenvalue weighted by Crippen LogP contribution is 2.22. The SMILES string of the molecule is Cc1c(OCCCNC(=O)Nc2ccccc2)ccnc1Cn1cnc2ccccc21. The number of benzene rings is 2. The monoisotopic (exact) mass is 415 g/mol. The van der Waals surface area contributed by atoms with E-state index in [0.29, 0.717) is 26.1 Å². The number of aromatic nitrogens is 3. The predicted molar refractivity (Wildman–Crippen MR) is 121 cm³/mol. The molecule has 4 rings (SSSR count). The molecule has 7 heteroatoms. The number of nitrogens with zero attached hydrogens (tertiary/aromatic N) is 3. The van der Waals surface area contributed by atoms with Crippen molar-refractivity contribution in [3.05, 3.63) is 84.4 Å². The van der Waals surface area contributed by atoms with Gasteiger partial charge in [-0.1, -0.05) is 30.3 Å². The average Bonchev–Trinajstić information content (AvgIpc) is 3.19. The lowest BCUT2D eigenvalue weighted by Gasteiger charge is -2.13. The summed E-state index contributed by atoms with van der Waals surface area (Å²) in [6.07, 6.45) is 4.30. The number of para-hydroxylation sites is 3. The van der Waals surface area contributed by atoms with Crippen molar-refractivity contribution in [2.45, 2.75) is 19.9 Å². The van der Waals surface area contributed by atoms with Crippen LogP contribution >= 0.6 is 0 Å². The maximum absolute atomic E-state index is 11.9. The van der Waals surface area contributed by atoms with Crippen molar-refractivity contribution in [2.75, 3.05) is 18.5 Å². The molecule has 0 bridgehead atoms. The maximum atomic E-state index is 11.9. The summed E-state index contributed by atoms with van der Waals surface area (Å²) in [5.41, 5.74) is 4.77. The van der Waals surface area contributed by atoms with Crippen LogP contribution in [-0.2, 0) is 6.54 Å². The van der Waals surface area contributed by atoms with Gasteiger partial charge in [-0.3, -0.25) is 4.98 Å². The quantitative estimate of drug-likeness (QED) is 0.419. The van der Waals surface area contributed by atoms with Gasteiger partial charge in [-0.15, -0.1) is 0 Å². The van der Waals surface area contributed by atoms with E-state index in [1.807, 2.05) is 67.8 Å². The highest BCUT2D eigenvalue weighted by molar-refractivity contribution is 5.89. The van der Waals surface area contributed by atoms with Crippen molar-refractivity contribution in [2.24, 2.45) is 0 Å². The van der Waals surface area contributed by atoms with E-state index in [-0.39, 0.29) is 6.03 Å². The Labute approximate surface area is 181 Å². The molecule has 0 aliphatic carbocycles. The number of urea groups is 1. The van der Waals surface area contributed by atoms with Gasteiger partial charge in [0, 0.05) is 24.0 Å². The molecule has 4 aromatic rings. The van der Waals surface area contributed by atoms with Gasteiger partial charge >= 0.3 is 6.03 Å². The minimum atomic E-state index is -0.221. The Morgan fingerprint density at radius 1 is 1.03 bits per heavy atom. The van der Waals surface area contributed by atoms with Crippen LogP contribution in [0.4, 0.5) is 10.5 Å². The number of ether oxygens (including phenoxy) is 1. The summed E-state index contributed by atoms with van der Waals surface area (Å²) in [5.74, 6) is 0.808. The molecule has 2 amide bonds. The molecule has 0 radical (unpaired) electrons. The number of anilines is 1. The molecule has 158 valence electrons. The third-order valence-electron chi connectivity index (χ3n) is 5.00. The lowest BCUT2D eigenvalue weighted by atomic mass is 10.2. The first-order valence-corrected chi connectivity index (χ1v) is 10.3. The van der Waals surface area contributed by atoms with Crippen LogP contribution in [0.15, 0.2) is 73.2 Å². The van der Waals surface area contributed by atoms with Crippen molar-refractivity contribution in [3.8, 4) is 5.75 Å². The number of nitrogens with one attached hydrogen (secondary N) is 2. The molecular weight excluding hydrogens is 390 g/mol. The number of rotatable bonds is 8. The molecule has 0 fully saturated rings. The van der Waals surface area contributed by atoms with E-state index in [4.69, 9.17) is 4.74 Å². The second-order valence-corrected chi connectivity index (χ2v) is 7.19. The van der Waals surface area contributed by atoms with Gasteiger partial charge in [0.2, 0.25) is 0 Å². The highest BCUT2D eigenvalue weighted by Gasteiger charge is 2.09. The van der Waals surface area contributed by atoms with Gasteiger partial charge < -0.3 is 19.9 Å². The first-order valence-electron chi connectivity index (χ1n) is 10.3. The Hall–Kier alpha value is -3.87. The Kier molecular flexibility index (Phi) is 6.42. The number of pyridine rings is 1. The molecule has 2 aromatic heterocycles. The summed E-state index contributed by atoms with van der Waals surface area (Å²) in [6, 6.07) is 19.1. The van der Waals surface area contributed by atoms with Crippen molar-refractivity contribution in [1.29, 1.82) is 0 Å². The number of fused-ring (bicyclic) bond motifs is 1. The highest BCUT2D eigenvalue weighted by atomic mass is 16.5. The summed E-state index contributed by atoms with van der Waals surface area (Å²) in [4.78, 5) is 20.9. The Morgan fingerprint density at radius 2 is 1.84 bits per heavy atom. The minimum absolute atomic E-state index is 0.221. The molecule has 0 atom stereocenters. The molecule has 31 heavy (non-hydrogen) atoms. The zero-order valence-electron chi connectivity index (χ0n) is 17.4. The maximum Gasteiger partial charge on any atom is 0.319 e. The standard InChI is InChI=1S/C24H25N5O2/c1-18-21(16-29-17-27-20-10-5-6-11-22(20)29)25-14-12-23(18)31-15-7-13-26-24(30)28-19-8-3-2-4-9-19/h2-6,8-12,14,17H,7,13,15-16H2,1H3,(H2,26,28,30). The third kappa shape index (κ3) is 5.19. The number of carbonyl (C=O) groups is 1. The minimum Gasteiger partial charge on any atom is -0.493 e. The number of hydrogen-bond acceptors (Lipinski definition) is 4. The zero-order valence-corrected chi connectivity index (χ0v) is 17.4. The molecule has 0 aliphatic heterocycles. The van der Waals surface area contributed by atoms with Crippen molar-refractivity contribution < 1.29 is 9.53 Å². The first-order chi connectivity index (χ1) is 15.2. The third-order valence-corrected chi connectivity index (χ3v) is 5.00. The molecule has 0 spiro atoms. The molecule has 0 aliphatic rings.